The van der Waals surface area contributed by atoms with Crippen molar-refractivity contribution in [2.24, 2.45) is 0 Å². The fourth-order valence-electron chi connectivity index (χ4n) is 0.976. The van der Waals surface area contributed by atoms with Crippen molar-refractivity contribution in [3.05, 3.63) is 19.6 Å². The summed E-state index contributed by atoms with van der Waals surface area (Å²) >= 11 is 0. The lowest BCUT2D eigenvalue weighted by Crippen LogP contribution is -1.97. The first-order valence-corrected chi connectivity index (χ1v) is 4.05. The molecule has 61 valence electrons. The number of aromatic nitrogens is 3. The van der Waals surface area contributed by atoms with Crippen molar-refractivity contribution in [1.29, 1.82) is 0 Å². The summed E-state index contributed by atoms with van der Waals surface area (Å²) in [5.41, 5.74) is 0. The molecule has 1 aromatic rings. The average molecular weight is 152 g/mol. The van der Waals surface area contributed by atoms with Gasteiger partial charge in [-0.1, -0.05) is 26.2 Å². The number of rotatable bonds is 5. The van der Waals surface area contributed by atoms with E-state index in [2.05, 4.69) is 17.0 Å². The molecule has 1 rings (SSSR count). The predicted molar refractivity (Wildman–Crippen MR) is 43.8 cm³/mol. The van der Waals surface area contributed by atoms with Gasteiger partial charge in [0, 0.05) is 6.54 Å². The van der Waals surface area contributed by atoms with Crippen LogP contribution in [0.3, 0.4) is 0 Å². The third kappa shape index (κ3) is 3.16. The molecule has 0 amide bonds. The molecule has 0 fully saturated rings. The van der Waals surface area contributed by atoms with E-state index in [0.29, 0.717) is 0 Å². The Hall–Kier alpha value is -0.860. The third-order valence-corrected chi connectivity index (χ3v) is 1.60. The minimum atomic E-state index is 0.986. The van der Waals surface area contributed by atoms with Gasteiger partial charge in [-0.2, -0.15) is 5.10 Å². The van der Waals surface area contributed by atoms with Gasteiger partial charge < -0.3 is 0 Å². The van der Waals surface area contributed by atoms with E-state index in [1.54, 1.807) is 12.7 Å². The number of unbranched alkanes of at least 4 members (excludes halogenated alkanes) is 3. The van der Waals surface area contributed by atoms with Gasteiger partial charge in [-0.3, -0.25) is 4.68 Å². The SMILES string of the molecule is [CH2]CCCCCn1cncn1. The van der Waals surface area contributed by atoms with E-state index >= 15 is 0 Å². The maximum atomic E-state index is 4.00. The molecule has 0 aliphatic rings. The Balaban J connectivity index is 2.04. The van der Waals surface area contributed by atoms with Crippen LogP contribution in [0.4, 0.5) is 0 Å². The summed E-state index contributed by atoms with van der Waals surface area (Å²) in [6.07, 6.45) is 8.00. The van der Waals surface area contributed by atoms with Crippen LogP contribution in [-0.2, 0) is 6.54 Å². The highest BCUT2D eigenvalue weighted by Crippen LogP contribution is 1.99. The number of hydrogen-bond donors (Lipinski definition) is 0. The van der Waals surface area contributed by atoms with E-state index in [9.17, 15) is 0 Å². The van der Waals surface area contributed by atoms with Crippen LogP contribution in [-0.4, -0.2) is 14.8 Å². The first-order chi connectivity index (χ1) is 5.43. The van der Waals surface area contributed by atoms with Crippen LogP contribution in [0.25, 0.3) is 0 Å². The van der Waals surface area contributed by atoms with Crippen molar-refractivity contribution in [2.75, 3.05) is 0 Å². The van der Waals surface area contributed by atoms with Crippen LogP contribution < -0.4 is 0 Å². The second-order valence-electron chi connectivity index (χ2n) is 2.57. The van der Waals surface area contributed by atoms with Gasteiger partial charge in [0.05, 0.1) is 0 Å². The first kappa shape index (κ1) is 8.24. The zero-order chi connectivity index (χ0) is 7.94. The molecule has 3 nitrogen and oxygen atoms in total. The molecule has 0 aliphatic carbocycles. The molecule has 0 atom stereocenters. The molecule has 3 heteroatoms. The average Bonchev–Trinajstić information content (AvgIpc) is 2.50. The molecule has 11 heavy (non-hydrogen) atoms. The normalized spacial score (nSPS) is 10.3. The minimum absolute atomic E-state index is 0.986. The topological polar surface area (TPSA) is 30.7 Å². The molecule has 0 N–H and O–H groups in total. The van der Waals surface area contributed by atoms with Gasteiger partial charge in [-0.05, 0) is 6.42 Å². The largest absolute Gasteiger partial charge is 0.253 e. The molecule has 0 aliphatic heterocycles. The van der Waals surface area contributed by atoms with Crippen molar-refractivity contribution >= 4 is 0 Å². The van der Waals surface area contributed by atoms with Gasteiger partial charge >= 0.3 is 0 Å². The molecule has 0 aromatic carbocycles. The van der Waals surface area contributed by atoms with E-state index in [1.807, 2.05) is 4.68 Å². The Morgan fingerprint density at radius 1 is 1.27 bits per heavy atom. The Labute approximate surface area is 67.4 Å². The smallest absolute Gasteiger partial charge is 0.137 e. The highest BCUT2D eigenvalue weighted by Gasteiger charge is 1.90. The third-order valence-electron chi connectivity index (χ3n) is 1.60. The maximum absolute atomic E-state index is 4.00. The van der Waals surface area contributed by atoms with E-state index in [4.69, 9.17) is 0 Å². The van der Waals surface area contributed by atoms with Crippen molar-refractivity contribution in [2.45, 2.75) is 32.2 Å². The van der Waals surface area contributed by atoms with Gasteiger partial charge in [0.25, 0.3) is 0 Å². The Morgan fingerprint density at radius 2 is 2.18 bits per heavy atom. The van der Waals surface area contributed by atoms with Crippen LogP contribution >= 0.6 is 0 Å². The number of hydrogen-bond acceptors (Lipinski definition) is 2. The lowest BCUT2D eigenvalue weighted by atomic mass is 10.2. The minimum Gasteiger partial charge on any atom is -0.253 e. The zero-order valence-corrected chi connectivity index (χ0v) is 6.74. The van der Waals surface area contributed by atoms with Crippen molar-refractivity contribution in [3.8, 4) is 0 Å². The van der Waals surface area contributed by atoms with Crippen LogP contribution in [0.5, 0.6) is 0 Å². The van der Waals surface area contributed by atoms with Gasteiger partial charge in [0.1, 0.15) is 12.7 Å². The molecule has 0 bridgehead atoms. The van der Waals surface area contributed by atoms with Crippen LogP contribution in [0.15, 0.2) is 12.7 Å². The van der Waals surface area contributed by atoms with Gasteiger partial charge in [-0.15, -0.1) is 0 Å². The lowest BCUT2D eigenvalue weighted by molar-refractivity contribution is 0.545. The quantitative estimate of drug-likeness (QED) is 0.601. The molecule has 1 radical (unpaired) electrons. The maximum Gasteiger partial charge on any atom is 0.137 e. The number of aryl methyl sites for hydroxylation is 1. The van der Waals surface area contributed by atoms with E-state index in [-0.39, 0.29) is 0 Å². The number of nitrogens with zero attached hydrogens (tertiary/aromatic N) is 3. The second kappa shape index (κ2) is 4.88. The standard InChI is InChI=1S/C8H14N3/c1-2-3-4-5-6-11-8-9-7-10-11/h7-8H,1-6H2. The van der Waals surface area contributed by atoms with Gasteiger partial charge in [0.15, 0.2) is 0 Å². The van der Waals surface area contributed by atoms with Crippen LogP contribution in [0.2, 0.25) is 0 Å². The van der Waals surface area contributed by atoms with Gasteiger partial charge in [-0.25, -0.2) is 4.98 Å². The Morgan fingerprint density at radius 3 is 2.82 bits per heavy atom. The summed E-state index contributed by atoms with van der Waals surface area (Å²) < 4.78 is 1.86. The molecule has 1 heterocycles. The molecular weight excluding hydrogens is 138 g/mol. The van der Waals surface area contributed by atoms with Crippen molar-refractivity contribution in [3.63, 3.8) is 0 Å². The van der Waals surface area contributed by atoms with E-state index in [1.165, 1.54) is 19.3 Å². The highest BCUT2D eigenvalue weighted by molar-refractivity contribution is 4.55. The monoisotopic (exact) mass is 152 g/mol. The van der Waals surface area contributed by atoms with Crippen molar-refractivity contribution in [1.82, 2.24) is 14.8 Å². The van der Waals surface area contributed by atoms with E-state index in [0.717, 1.165) is 13.0 Å². The molecule has 1 aromatic heterocycles. The summed E-state index contributed by atoms with van der Waals surface area (Å²) in [6, 6.07) is 0. The summed E-state index contributed by atoms with van der Waals surface area (Å²) in [5.74, 6) is 0. The van der Waals surface area contributed by atoms with Crippen molar-refractivity contribution < 1.29 is 0 Å². The first-order valence-electron chi connectivity index (χ1n) is 4.05. The predicted octanol–water partition coefficient (Wildman–Crippen LogP) is 1.67. The molecule has 0 saturated heterocycles. The summed E-state index contributed by atoms with van der Waals surface area (Å²) in [5, 5.41) is 4.00. The second-order valence-corrected chi connectivity index (χ2v) is 2.57. The fraction of sp³-hybridized carbons (Fsp3) is 0.625. The molecule has 0 spiro atoms. The molecular formula is C8H14N3. The zero-order valence-electron chi connectivity index (χ0n) is 6.74. The fourth-order valence-corrected chi connectivity index (χ4v) is 0.976. The van der Waals surface area contributed by atoms with Crippen LogP contribution in [0.1, 0.15) is 25.7 Å². The van der Waals surface area contributed by atoms with E-state index < -0.39 is 0 Å². The highest BCUT2D eigenvalue weighted by atomic mass is 15.3. The van der Waals surface area contributed by atoms with Crippen LogP contribution in [0, 0.1) is 6.92 Å². The van der Waals surface area contributed by atoms with Gasteiger partial charge in [0.2, 0.25) is 0 Å². The summed E-state index contributed by atoms with van der Waals surface area (Å²) in [7, 11) is 0. The summed E-state index contributed by atoms with van der Waals surface area (Å²) in [4.78, 5) is 3.86. The molecule has 0 unspecified atom stereocenters. The lowest BCUT2D eigenvalue weighted by Gasteiger charge is -1.98. The Kier molecular flexibility index (Phi) is 3.65. The summed E-state index contributed by atoms with van der Waals surface area (Å²) in [6.45, 7) is 4.77. The Bertz CT molecular complexity index is 169. The molecule has 0 saturated carbocycles.